The molecule has 12 heteroatoms. The number of hydrogen-bond acceptors (Lipinski definition) is 8. The molecule has 2 aliphatic rings. The number of hydrogen-bond donors (Lipinski definition) is 2. The van der Waals surface area contributed by atoms with Gasteiger partial charge in [0.2, 0.25) is 10.9 Å². The standard InChI is InChI=1S/C21H17F2N3O6S/c1-21-8-3-9-24-20(21)25-10-11(21)18(27)16-12(22)4-5-13(17(16)23)26-33(29,30)15-7-6-14(32-15)19(28)31-2/h3-7,9-10,26H,8H2,1-2H3,(H,24,25)/t21-/m1/s1. The molecule has 0 spiro atoms. The Morgan fingerprint density at radius 1 is 1.24 bits per heavy atom. The number of carbonyl (C=O) groups excluding carboxylic acids is 2. The number of fused-ring (bicyclic) bond motifs is 1. The molecule has 1 aromatic carbocycles. The predicted molar refractivity (Wildman–Crippen MR) is 112 cm³/mol. The summed E-state index contributed by atoms with van der Waals surface area (Å²) in [5, 5.41) is 2.20. The number of rotatable bonds is 6. The number of esters is 1. The topological polar surface area (TPSA) is 127 Å². The average molecular weight is 477 g/mol. The number of ketones is 1. The fraction of sp³-hybridized carbons (Fsp3) is 0.190. The van der Waals surface area contributed by atoms with E-state index in [1.165, 1.54) is 6.20 Å². The van der Waals surface area contributed by atoms with Crippen LogP contribution >= 0.6 is 0 Å². The lowest BCUT2D eigenvalue weighted by atomic mass is 9.75. The number of anilines is 1. The van der Waals surface area contributed by atoms with E-state index in [1.807, 2.05) is 4.72 Å². The van der Waals surface area contributed by atoms with E-state index in [2.05, 4.69) is 15.0 Å². The molecule has 3 heterocycles. The molecule has 4 rings (SSSR count). The zero-order valence-electron chi connectivity index (χ0n) is 17.3. The summed E-state index contributed by atoms with van der Waals surface area (Å²) in [6.45, 7) is 1.71. The number of nitrogens with one attached hydrogen (secondary N) is 2. The van der Waals surface area contributed by atoms with E-state index < -0.39 is 55.2 Å². The highest BCUT2D eigenvalue weighted by Crippen LogP contribution is 2.41. The summed E-state index contributed by atoms with van der Waals surface area (Å²) in [6, 6.07) is 3.64. The highest BCUT2D eigenvalue weighted by molar-refractivity contribution is 7.92. The van der Waals surface area contributed by atoms with Crippen molar-refractivity contribution in [2.24, 2.45) is 10.4 Å². The van der Waals surface area contributed by atoms with Crippen LogP contribution in [0, 0.1) is 17.0 Å². The van der Waals surface area contributed by atoms with Crippen molar-refractivity contribution in [1.29, 1.82) is 0 Å². The van der Waals surface area contributed by atoms with Gasteiger partial charge in [0.25, 0.3) is 10.0 Å². The van der Waals surface area contributed by atoms with Gasteiger partial charge in [-0.05, 0) is 43.8 Å². The lowest BCUT2D eigenvalue weighted by molar-refractivity contribution is 0.0559. The molecule has 0 aliphatic carbocycles. The molecule has 0 saturated carbocycles. The van der Waals surface area contributed by atoms with Crippen molar-refractivity contribution >= 4 is 33.3 Å². The van der Waals surface area contributed by atoms with E-state index in [9.17, 15) is 22.4 Å². The minimum absolute atomic E-state index is 0.0564. The fourth-order valence-electron chi connectivity index (χ4n) is 3.53. The first-order chi connectivity index (χ1) is 15.6. The SMILES string of the molecule is COC(=O)c1ccc(S(=O)(=O)Nc2ccc(F)c(C(=O)C3=CN=C4NC=CC[C@]34C)c2F)o1. The zero-order valence-corrected chi connectivity index (χ0v) is 18.1. The number of allylic oxidation sites excluding steroid dienone is 1. The summed E-state index contributed by atoms with van der Waals surface area (Å²) in [5.41, 5.74) is -2.45. The van der Waals surface area contributed by atoms with Crippen molar-refractivity contribution in [3.05, 3.63) is 71.3 Å². The first kappa shape index (κ1) is 22.4. The van der Waals surface area contributed by atoms with E-state index >= 15 is 4.39 Å². The Hall–Kier alpha value is -3.80. The lowest BCUT2D eigenvalue weighted by Gasteiger charge is -2.30. The molecule has 2 N–H and O–H groups in total. The molecule has 0 fully saturated rings. The van der Waals surface area contributed by atoms with Gasteiger partial charge in [0.15, 0.2) is 11.6 Å². The van der Waals surface area contributed by atoms with Crippen molar-refractivity contribution < 1.29 is 35.9 Å². The summed E-state index contributed by atoms with van der Waals surface area (Å²) >= 11 is 0. The lowest BCUT2D eigenvalue weighted by Crippen LogP contribution is -2.40. The normalized spacial score (nSPS) is 19.3. The number of carbonyl (C=O) groups is 2. The van der Waals surface area contributed by atoms with Gasteiger partial charge in [0.1, 0.15) is 11.7 Å². The molecule has 2 aromatic rings. The van der Waals surface area contributed by atoms with Gasteiger partial charge in [-0.25, -0.2) is 18.6 Å². The van der Waals surface area contributed by atoms with Crippen LogP contribution in [0.2, 0.25) is 0 Å². The predicted octanol–water partition coefficient (Wildman–Crippen LogP) is 3.14. The highest BCUT2D eigenvalue weighted by Gasteiger charge is 2.43. The number of halogens is 2. The van der Waals surface area contributed by atoms with Gasteiger partial charge in [-0.2, -0.15) is 8.42 Å². The minimum atomic E-state index is -4.52. The minimum Gasteiger partial charge on any atom is -0.463 e. The molecule has 0 amide bonds. The van der Waals surface area contributed by atoms with Crippen LogP contribution in [-0.4, -0.2) is 33.1 Å². The summed E-state index contributed by atoms with van der Waals surface area (Å²) in [6.07, 6.45) is 5.03. The molecular formula is C21H17F2N3O6S. The molecule has 0 radical (unpaired) electrons. The van der Waals surface area contributed by atoms with Crippen LogP contribution in [0.3, 0.4) is 0 Å². The summed E-state index contributed by atoms with van der Waals surface area (Å²) in [4.78, 5) is 28.7. The molecule has 172 valence electrons. The third-order valence-electron chi connectivity index (χ3n) is 5.34. The average Bonchev–Trinajstić information content (AvgIpc) is 3.40. The molecule has 0 bridgehead atoms. The fourth-order valence-corrected chi connectivity index (χ4v) is 4.52. The van der Waals surface area contributed by atoms with Crippen LogP contribution in [0.5, 0.6) is 0 Å². The van der Waals surface area contributed by atoms with Gasteiger partial charge in [-0.3, -0.25) is 9.52 Å². The Balaban J connectivity index is 1.67. The van der Waals surface area contributed by atoms with Crippen LogP contribution in [0.25, 0.3) is 0 Å². The van der Waals surface area contributed by atoms with Gasteiger partial charge in [0.05, 0.1) is 23.8 Å². The van der Waals surface area contributed by atoms with Crippen molar-refractivity contribution in [2.45, 2.75) is 18.4 Å². The largest absolute Gasteiger partial charge is 0.463 e. The second-order valence-electron chi connectivity index (χ2n) is 7.43. The molecule has 1 aromatic heterocycles. The van der Waals surface area contributed by atoms with Crippen molar-refractivity contribution in [1.82, 2.24) is 5.32 Å². The first-order valence-corrected chi connectivity index (χ1v) is 11.0. The number of furan rings is 1. The molecular weight excluding hydrogens is 460 g/mol. The van der Waals surface area contributed by atoms with E-state index in [4.69, 9.17) is 4.42 Å². The monoisotopic (exact) mass is 477 g/mol. The van der Waals surface area contributed by atoms with Crippen molar-refractivity contribution in [3.8, 4) is 0 Å². The molecule has 33 heavy (non-hydrogen) atoms. The Morgan fingerprint density at radius 2 is 2.00 bits per heavy atom. The maximum atomic E-state index is 15.2. The molecule has 0 saturated heterocycles. The first-order valence-electron chi connectivity index (χ1n) is 9.52. The third kappa shape index (κ3) is 3.71. The van der Waals surface area contributed by atoms with Gasteiger partial charge in [0, 0.05) is 11.8 Å². The Bertz CT molecular complexity index is 1380. The molecule has 2 aliphatic heterocycles. The van der Waals surface area contributed by atoms with E-state index in [1.54, 1.807) is 19.2 Å². The van der Waals surface area contributed by atoms with Crippen molar-refractivity contribution in [2.75, 3.05) is 11.8 Å². The van der Waals surface area contributed by atoms with Crippen LogP contribution in [0.4, 0.5) is 14.5 Å². The second-order valence-corrected chi connectivity index (χ2v) is 9.05. The second kappa shape index (κ2) is 7.96. The maximum absolute atomic E-state index is 15.2. The molecule has 9 nitrogen and oxygen atoms in total. The van der Waals surface area contributed by atoms with Crippen LogP contribution < -0.4 is 10.0 Å². The number of nitrogens with zero attached hydrogens (tertiary/aromatic N) is 1. The van der Waals surface area contributed by atoms with Crippen molar-refractivity contribution in [3.63, 3.8) is 0 Å². The van der Waals surface area contributed by atoms with Gasteiger partial charge >= 0.3 is 5.97 Å². The van der Waals surface area contributed by atoms with Crippen LogP contribution in [0.15, 0.2) is 62.8 Å². The number of benzene rings is 1. The quantitative estimate of drug-likeness (QED) is 0.483. The Labute approximate surface area is 186 Å². The zero-order chi connectivity index (χ0) is 24.0. The van der Waals surface area contributed by atoms with E-state index in [0.29, 0.717) is 12.3 Å². The summed E-state index contributed by atoms with van der Waals surface area (Å²) in [7, 11) is -3.44. The number of sulfonamides is 1. The highest BCUT2D eigenvalue weighted by atomic mass is 32.2. The number of Topliss-reactive ketones (excluding diaryl/α,β-unsaturated/α-hetero) is 1. The molecule has 1 atom stereocenters. The Kier molecular flexibility index (Phi) is 5.40. The Morgan fingerprint density at radius 3 is 2.73 bits per heavy atom. The summed E-state index contributed by atoms with van der Waals surface area (Å²) < 4.78 is 66.3. The number of aliphatic imine (C=N–C) groups is 1. The molecule has 0 unspecified atom stereocenters. The number of amidine groups is 1. The maximum Gasteiger partial charge on any atom is 0.374 e. The van der Waals surface area contributed by atoms with Crippen LogP contribution in [0.1, 0.15) is 34.3 Å². The van der Waals surface area contributed by atoms with E-state index in [0.717, 1.165) is 31.4 Å². The van der Waals surface area contributed by atoms with E-state index in [-0.39, 0.29) is 11.3 Å². The van der Waals surface area contributed by atoms with Crippen LogP contribution in [-0.2, 0) is 14.8 Å². The smallest absolute Gasteiger partial charge is 0.374 e. The number of ether oxygens (including phenoxy) is 1. The van der Waals surface area contributed by atoms with Gasteiger partial charge < -0.3 is 14.5 Å². The number of methoxy groups -OCH3 is 1. The van der Waals surface area contributed by atoms with Gasteiger partial charge in [-0.1, -0.05) is 6.08 Å². The van der Waals surface area contributed by atoms with Gasteiger partial charge in [-0.15, -0.1) is 0 Å². The summed E-state index contributed by atoms with van der Waals surface area (Å²) in [5.74, 6) is -4.37. The third-order valence-corrected chi connectivity index (χ3v) is 6.58.